The van der Waals surface area contributed by atoms with E-state index in [4.69, 9.17) is 10.3 Å². The number of rotatable bonds is 1. The lowest BCUT2D eigenvalue weighted by molar-refractivity contribution is 0.436. The highest BCUT2D eigenvalue weighted by molar-refractivity contribution is 9.10. The summed E-state index contributed by atoms with van der Waals surface area (Å²) in [4.78, 5) is 5.28. The number of aryl methyl sites for hydroxylation is 2. The highest BCUT2D eigenvalue weighted by Gasteiger charge is 2.17. The van der Waals surface area contributed by atoms with E-state index in [9.17, 15) is 0 Å². The minimum atomic E-state index is 0.366. The van der Waals surface area contributed by atoms with Gasteiger partial charge >= 0.3 is 0 Å². The quantitative estimate of drug-likeness (QED) is 0.868. The summed E-state index contributed by atoms with van der Waals surface area (Å²) in [5.41, 5.74) is 6.50. The van der Waals surface area contributed by atoms with Crippen molar-refractivity contribution in [3.8, 4) is 10.6 Å². The Kier molecular flexibility index (Phi) is 2.32. The molecule has 0 aliphatic rings. The van der Waals surface area contributed by atoms with Gasteiger partial charge in [-0.1, -0.05) is 5.16 Å². The number of nitrogens with zero attached hydrogens (tertiary/aromatic N) is 2. The van der Waals surface area contributed by atoms with Gasteiger partial charge in [-0.15, -0.1) is 11.3 Å². The second-order valence-corrected chi connectivity index (χ2v) is 4.85. The molecule has 0 fully saturated rings. The van der Waals surface area contributed by atoms with E-state index in [2.05, 4.69) is 26.1 Å². The van der Waals surface area contributed by atoms with E-state index in [-0.39, 0.29) is 0 Å². The van der Waals surface area contributed by atoms with Gasteiger partial charge in [-0.3, -0.25) is 0 Å². The molecule has 0 atom stereocenters. The molecule has 0 aromatic carbocycles. The van der Waals surface area contributed by atoms with Crippen LogP contribution in [0.5, 0.6) is 0 Å². The molecule has 2 N–H and O–H groups in total. The second kappa shape index (κ2) is 3.36. The lowest BCUT2D eigenvalue weighted by Crippen LogP contribution is -1.83. The number of hydrogen-bond donors (Lipinski definition) is 1. The third kappa shape index (κ3) is 1.44. The number of anilines is 1. The first-order valence-electron chi connectivity index (χ1n) is 3.94. The molecule has 0 bridgehead atoms. The summed E-state index contributed by atoms with van der Waals surface area (Å²) in [6, 6.07) is 0. The Bertz CT molecular complexity index is 477. The lowest BCUT2D eigenvalue weighted by atomic mass is 10.3. The highest BCUT2D eigenvalue weighted by atomic mass is 79.9. The van der Waals surface area contributed by atoms with E-state index in [1.165, 1.54) is 0 Å². The maximum Gasteiger partial charge on any atom is 0.195 e. The smallest absolute Gasteiger partial charge is 0.195 e. The Hall–Kier alpha value is -0.880. The molecule has 0 radical (unpaired) electrons. The van der Waals surface area contributed by atoms with E-state index in [0.29, 0.717) is 16.1 Å². The van der Waals surface area contributed by atoms with Crippen molar-refractivity contribution in [3.05, 3.63) is 15.2 Å². The van der Waals surface area contributed by atoms with Crippen LogP contribution in [0.2, 0.25) is 0 Å². The van der Waals surface area contributed by atoms with Crippen LogP contribution in [0.4, 0.5) is 5.82 Å². The van der Waals surface area contributed by atoms with Crippen LogP contribution < -0.4 is 5.73 Å². The van der Waals surface area contributed by atoms with Gasteiger partial charge in [0.1, 0.15) is 4.47 Å². The molecule has 2 aromatic heterocycles. The van der Waals surface area contributed by atoms with Crippen molar-refractivity contribution >= 4 is 33.1 Å². The van der Waals surface area contributed by atoms with Gasteiger partial charge in [-0.25, -0.2) is 4.98 Å². The molecule has 2 heterocycles. The number of halogens is 1. The molecule has 0 aliphatic carbocycles. The van der Waals surface area contributed by atoms with Gasteiger partial charge in [0.15, 0.2) is 11.6 Å². The van der Waals surface area contributed by atoms with Crippen LogP contribution in [0.15, 0.2) is 9.00 Å². The molecule has 74 valence electrons. The number of hydrogen-bond acceptors (Lipinski definition) is 5. The van der Waals surface area contributed by atoms with Crippen molar-refractivity contribution in [2.45, 2.75) is 13.8 Å². The second-order valence-electron chi connectivity index (χ2n) is 2.86. The molecule has 0 saturated carbocycles. The average Bonchev–Trinajstić information content (AvgIpc) is 2.59. The molecule has 0 unspecified atom stereocenters. The predicted octanol–water partition coefficient (Wildman–Crippen LogP) is 2.76. The van der Waals surface area contributed by atoms with E-state index in [1.807, 2.05) is 13.8 Å². The van der Waals surface area contributed by atoms with Crippen LogP contribution in [0.25, 0.3) is 10.6 Å². The monoisotopic (exact) mass is 273 g/mol. The fourth-order valence-corrected chi connectivity index (χ4v) is 2.55. The third-order valence-electron chi connectivity index (χ3n) is 1.77. The van der Waals surface area contributed by atoms with Crippen LogP contribution in [0.1, 0.15) is 10.7 Å². The Labute approximate surface area is 93.3 Å². The number of nitrogens with two attached hydrogens (primary N) is 1. The SMILES string of the molecule is Cc1nc(C)c(-c2onc(N)c2Br)s1. The maximum atomic E-state index is 5.57. The zero-order valence-electron chi connectivity index (χ0n) is 7.67. The molecule has 0 amide bonds. The third-order valence-corrected chi connectivity index (χ3v) is 3.61. The normalized spacial score (nSPS) is 10.8. The first-order chi connectivity index (χ1) is 6.59. The van der Waals surface area contributed by atoms with Crippen molar-refractivity contribution in [2.75, 3.05) is 5.73 Å². The van der Waals surface area contributed by atoms with Crippen LogP contribution in [-0.2, 0) is 0 Å². The summed E-state index contributed by atoms with van der Waals surface area (Å²) in [6.45, 7) is 3.89. The summed E-state index contributed by atoms with van der Waals surface area (Å²) >= 11 is 4.89. The zero-order chi connectivity index (χ0) is 10.3. The molecule has 2 aromatic rings. The number of aromatic nitrogens is 2. The number of nitrogen functional groups attached to an aromatic ring is 1. The van der Waals surface area contributed by atoms with Gasteiger partial charge < -0.3 is 10.3 Å². The van der Waals surface area contributed by atoms with E-state index in [1.54, 1.807) is 11.3 Å². The van der Waals surface area contributed by atoms with Crippen molar-refractivity contribution in [1.82, 2.24) is 10.1 Å². The topological polar surface area (TPSA) is 64.9 Å². The van der Waals surface area contributed by atoms with Crippen molar-refractivity contribution < 1.29 is 4.52 Å². The van der Waals surface area contributed by atoms with E-state index >= 15 is 0 Å². The first-order valence-corrected chi connectivity index (χ1v) is 5.55. The highest BCUT2D eigenvalue weighted by Crippen LogP contribution is 2.37. The van der Waals surface area contributed by atoms with Crippen molar-refractivity contribution in [3.63, 3.8) is 0 Å². The Morgan fingerprint density at radius 3 is 2.57 bits per heavy atom. The Morgan fingerprint density at radius 1 is 1.43 bits per heavy atom. The zero-order valence-corrected chi connectivity index (χ0v) is 10.1. The van der Waals surface area contributed by atoms with Crippen molar-refractivity contribution in [2.24, 2.45) is 0 Å². The van der Waals surface area contributed by atoms with E-state index < -0.39 is 0 Å². The predicted molar refractivity (Wildman–Crippen MR) is 59.2 cm³/mol. The maximum absolute atomic E-state index is 5.57. The summed E-state index contributed by atoms with van der Waals surface area (Å²) < 4.78 is 5.82. The summed E-state index contributed by atoms with van der Waals surface area (Å²) in [5, 5.41) is 4.68. The minimum absolute atomic E-state index is 0.366. The van der Waals surface area contributed by atoms with Crippen LogP contribution in [0, 0.1) is 13.8 Å². The van der Waals surface area contributed by atoms with Gasteiger partial charge in [0.2, 0.25) is 0 Å². The van der Waals surface area contributed by atoms with Crippen LogP contribution in [0.3, 0.4) is 0 Å². The Morgan fingerprint density at radius 2 is 2.14 bits per heavy atom. The fourth-order valence-electron chi connectivity index (χ4n) is 1.17. The van der Waals surface area contributed by atoms with Gasteiger partial charge in [-0.2, -0.15) is 0 Å². The van der Waals surface area contributed by atoms with E-state index in [0.717, 1.165) is 15.6 Å². The summed E-state index contributed by atoms with van der Waals surface area (Å²) in [5.74, 6) is 1.02. The molecule has 14 heavy (non-hydrogen) atoms. The molecular weight excluding hydrogens is 266 g/mol. The van der Waals surface area contributed by atoms with Crippen molar-refractivity contribution in [1.29, 1.82) is 0 Å². The molecule has 0 aliphatic heterocycles. The molecular formula is C8H8BrN3OS. The molecule has 0 spiro atoms. The number of thiazole rings is 1. The molecule has 6 heteroatoms. The summed E-state index contributed by atoms with van der Waals surface area (Å²) in [7, 11) is 0. The van der Waals surface area contributed by atoms with Gasteiger partial charge in [0.25, 0.3) is 0 Å². The van der Waals surface area contributed by atoms with Gasteiger partial charge in [0.05, 0.1) is 15.6 Å². The molecule has 0 saturated heterocycles. The average molecular weight is 274 g/mol. The minimum Gasteiger partial charge on any atom is -0.380 e. The Balaban J connectivity index is 2.59. The van der Waals surface area contributed by atoms with Crippen LogP contribution >= 0.6 is 27.3 Å². The van der Waals surface area contributed by atoms with Gasteiger partial charge in [-0.05, 0) is 29.8 Å². The van der Waals surface area contributed by atoms with Crippen LogP contribution in [-0.4, -0.2) is 10.1 Å². The lowest BCUT2D eigenvalue weighted by Gasteiger charge is -1.91. The fraction of sp³-hybridized carbons (Fsp3) is 0.250. The van der Waals surface area contributed by atoms with Gasteiger partial charge in [0, 0.05) is 0 Å². The molecule has 4 nitrogen and oxygen atoms in total. The largest absolute Gasteiger partial charge is 0.380 e. The standard InChI is InChI=1S/C8H8BrN3OS/c1-3-7(14-4(2)11-3)6-5(9)8(10)12-13-6/h1-2H3,(H2,10,12). The summed E-state index contributed by atoms with van der Waals surface area (Å²) in [6.07, 6.45) is 0. The molecule has 2 rings (SSSR count). The first kappa shape index (κ1) is 9.67.